The van der Waals surface area contributed by atoms with Crippen molar-refractivity contribution in [3.8, 4) is 0 Å². The molecule has 0 N–H and O–H groups in total. The minimum absolute atomic E-state index is 1.05. The van der Waals surface area contributed by atoms with E-state index in [9.17, 15) is 0 Å². The monoisotopic (exact) mass is 451 g/mol. The zero-order chi connectivity index (χ0) is 23.7. The fourth-order valence-corrected chi connectivity index (χ4v) is 6.02. The maximum Gasteiger partial charge on any atom is 0.0498 e. The van der Waals surface area contributed by atoms with Gasteiger partial charge in [0.2, 0.25) is 0 Å². The molecular weight excluding hydrogens is 422 g/mol. The van der Waals surface area contributed by atoms with E-state index in [-0.39, 0.29) is 0 Å². The van der Waals surface area contributed by atoms with E-state index in [2.05, 4.69) is 110 Å². The summed E-state index contributed by atoms with van der Waals surface area (Å²) >= 11 is 0. The van der Waals surface area contributed by atoms with Gasteiger partial charge in [-0.15, -0.1) is 0 Å². The molecule has 7 rings (SSSR count). The van der Waals surface area contributed by atoms with Crippen LogP contribution >= 0.6 is 0 Å². The van der Waals surface area contributed by atoms with Crippen molar-refractivity contribution in [1.82, 2.24) is 4.57 Å². The Hall–Kier alpha value is -3.84. The van der Waals surface area contributed by atoms with Gasteiger partial charge in [0, 0.05) is 28.4 Å². The Morgan fingerprint density at radius 2 is 1.00 bits per heavy atom. The predicted molar refractivity (Wildman–Crippen MR) is 154 cm³/mol. The maximum atomic E-state index is 2.56. The first-order valence-electron chi connectivity index (χ1n) is 12.8. The number of nitrogens with zero attached hydrogens (tertiary/aromatic N) is 1. The summed E-state index contributed by atoms with van der Waals surface area (Å²) < 4.78 is 2.56. The normalized spacial score (nSPS) is 12.2. The lowest BCUT2D eigenvalue weighted by Gasteiger charge is -2.08. The summed E-state index contributed by atoms with van der Waals surface area (Å²) in [4.78, 5) is 0. The fraction of sp³-hybridized carbons (Fsp3) is 0.176. The summed E-state index contributed by atoms with van der Waals surface area (Å²) in [6.45, 7) is 7.69. The summed E-state index contributed by atoms with van der Waals surface area (Å²) in [7, 11) is 0. The van der Waals surface area contributed by atoms with Crippen molar-refractivity contribution in [2.24, 2.45) is 0 Å². The molecule has 0 aliphatic heterocycles. The number of rotatable bonds is 3. The molecule has 0 amide bonds. The molecule has 6 aromatic carbocycles. The SMILES string of the molecule is CCCCn1c2ccc3cc4ccc(C)cc4cc3c2c2c3cc4cc(C)ccc4cc3ccc21. The standard InChI is InChI=1S/C34H29N/c1-4-5-14-35-31-12-10-25-17-23-8-6-21(2)15-27(23)19-29(25)33(31)34-30-20-28-16-22(3)7-9-24(28)18-26(30)11-13-32(34)35/h6-13,15-20H,4-5,14H2,1-3H3. The first kappa shape index (κ1) is 20.5. The van der Waals surface area contributed by atoms with E-state index in [4.69, 9.17) is 0 Å². The van der Waals surface area contributed by atoms with E-state index < -0.39 is 0 Å². The van der Waals surface area contributed by atoms with Crippen LogP contribution in [0, 0.1) is 13.8 Å². The minimum Gasteiger partial charge on any atom is -0.340 e. The van der Waals surface area contributed by atoms with Gasteiger partial charge >= 0.3 is 0 Å². The van der Waals surface area contributed by atoms with E-state index in [0.717, 1.165) is 6.54 Å². The first-order valence-corrected chi connectivity index (χ1v) is 12.8. The van der Waals surface area contributed by atoms with E-state index in [1.165, 1.54) is 88.9 Å². The minimum atomic E-state index is 1.05. The third kappa shape index (κ3) is 3.08. The summed E-state index contributed by atoms with van der Waals surface area (Å²) in [5, 5.41) is 13.4. The summed E-state index contributed by atoms with van der Waals surface area (Å²) in [5.74, 6) is 0. The summed E-state index contributed by atoms with van der Waals surface area (Å²) in [5.41, 5.74) is 5.32. The Labute approximate surface area is 205 Å². The largest absolute Gasteiger partial charge is 0.340 e. The molecule has 0 bridgehead atoms. The second-order valence-corrected chi connectivity index (χ2v) is 10.3. The molecule has 0 aliphatic rings. The Morgan fingerprint density at radius 3 is 1.49 bits per heavy atom. The molecule has 0 saturated heterocycles. The second kappa shape index (κ2) is 7.58. The number of benzene rings is 6. The molecule has 170 valence electrons. The molecule has 0 aliphatic carbocycles. The van der Waals surface area contributed by atoms with Crippen LogP contribution in [0.1, 0.15) is 30.9 Å². The highest BCUT2D eigenvalue weighted by molar-refractivity contribution is 6.29. The molecule has 1 aromatic heterocycles. The molecule has 0 atom stereocenters. The van der Waals surface area contributed by atoms with Gasteiger partial charge in [0.1, 0.15) is 0 Å². The van der Waals surface area contributed by atoms with Crippen LogP contribution in [0.25, 0.3) is 64.9 Å². The summed E-state index contributed by atoms with van der Waals surface area (Å²) in [6.07, 6.45) is 2.37. The van der Waals surface area contributed by atoms with Gasteiger partial charge in [0.25, 0.3) is 0 Å². The lowest BCUT2D eigenvalue weighted by molar-refractivity contribution is 0.665. The van der Waals surface area contributed by atoms with Crippen molar-refractivity contribution >= 4 is 64.9 Å². The van der Waals surface area contributed by atoms with Crippen LogP contribution in [-0.2, 0) is 6.54 Å². The van der Waals surface area contributed by atoms with Crippen LogP contribution in [-0.4, -0.2) is 4.57 Å². The lowest BCUT2D eigenvalue weighted by Crippen LogP contribution is -1.97. The zero-order valence-electron chi connectivity index (χ0n) is 20.7. The van der Waals surface area contributed by atoms with Crippen LogP contribution in [0.3, 0.4) is 0 Å². The maximum absolute atomic E-state index is 2.56. The van der Waals surface area contributed by atoms with Gasteiger partial charge in [-0.05, 0) is 99.8 Å². The van der Waals surface area contributed by atoms with Gasteiger partial charge in [-0.3, -0.25) is 0 Å². The van der Waals surface area contributed by atoms with Gasteiger partial charge in [-0.2, -0.15) is 0 Å². The number of hydrogen-bond acceptors (Lipinski definition) is 0. The highest BCUT2D eigenvalue weighted by atomic mass is 15.0. The number of fused-ring (bicyclic) bond motifs is 9. The predicted octanol–water partition coefficient (Wildman–Crippen LogP) is 9.82. The summed E-state index contributed by atoms with van der Waals surface area (Å²) in [6, 6.07) is 32.5. The van der Waals surface area contributed by atoms with Gasteiger partial charge in [0.05, 0.1) is 0 Å². The molecule has 1 heterocycles. The Bertz CT molecular complexity index is 1810. The third-order valence-electron chi connectivity index (χ3n) is 7.79. The molecular formula is C34H29N. The van der Waals surface area contributed by atoms with Crippen molar-refractivity contribution < 1.29 is 0 Å². The van der Waals surface area contributed by atoms with Crippen LogP contribution in [0.2, 0.25) is 0 Å². The third-order valence-corrected chi connectivity index (χ3v) is 7.79. The van der Waals surface area contributed by atoms with Crippen LogP contribution < -0.4 is 0 Å². The first-order chi connectivity index (χ1) is 17.1. The highest BCUT2D eigenvalue weighted by Crippen LogP contribution is 2.41. The number of hydrogen-bond donors (Lipinski definition) is 0. The van der Waals surface area contributed by atoms with E-state index in [1.807, 2.05) is 0 Å². The van der Waals surface area contributed by atoms with Gasteiger partial charge < -0.3 is 4.57 Å². The fourth-order valence-electron chi connectivity index (χ4n) is 6.02. The molecule has 1 heteroatoms. The van der Waals surface area contributed by atoms with Crippen LogP contribution in [0.15, 0.2) is 84.9 Å². The lowest BCUT2D eigenvalue weighted by atomic mass is 9.95. The number of unbranched alkanes of at least 4 members (excludes halogenated alkanes) is 1. The Kier molecular flexibility index (Phi) is 4.45. The number of aromatic nitrogens is 1. The molecule has 0 fully saturated rings. The average Bonchev–Trinajstić information content (AvgIpc) is 3.19. The van der Waals surface area contributed by atoms with Crippen LogP contribution in [0.4, 0.5) is 0 Å². The van der Waals surface area contributed by atoms with Crippen molar-refractivity contribution in [1.29, 1.82) is 0 Å². The van der Waals surface area contributed by atoms with Crippen molar-refractivity contribution in [2.75, 3.05) is 0 Å². The molecule has 0 radical (unpaired) electrons. The quantitative estimate of drug-likeness (QED) is 0.236. The Balaban J connectivity index is 1.71. The highest BCUT2D eigenvalue weighted by Gasteiger charge is 2.17. The molecule has 7 aromatic rings. The molecule has 0 saturated carbocycles. The van der Waals surface area contributed by atoms with E-state index >= 15 is 0 Å². The van der Waals surface area contributed by atoms with Crippen molar-refractivity contribution in [3.05, 3.63) is 96.1 Å². The van der Waals surface area contributed by atoms with Gasteiger partial charge in [-0.1, -0.05) is 73.0 Å². The molecule has 35 heavy (non-hydrogen) atoms. The topological polar surface area (TPSA) is 4.93 Å². The van der Waals surface area contributed by atoms with Gasteiger partial charge in [0.15, 0.2) is 0 Å². The molecule has 1 nitrogen and oxygen atoms in total. The van der Waals surface area contributed by atoms with Crippen LogP contribution in [0.5, 0.6) is 0 Å². The average molecular weight is 452 g/mol. The number of aryl methyl sites for hydroxylation is 3. The Morgan fingerprint density at radius 1 is 0.514 bits per heavy atom. The van der Waals surface area contributed by atoms with E-state index in [1.54, 1.807) is 0 Å². The zero-order valence-corrected chi connectivity index (χ0v) is 20.7. The van der Waals surface area contributed by atoms with Gasteiger partial charge in [-0.25, -0.2) is 0 Å². The smallest absolute Gasteiger partial charge is 0.0498 e. The second-order valence-electron chi connectivity index (χ2n) is 10.3. The molecule has 0 spiro atoms. The molecule has 0 unspecified atom stereocenters. The van der Waals surface area contributed by atoms with E-state index in [0.29, 0.717) is 0 Å². The van der Waals surface area contributed by atoms with Crippen molar-refractivity contribution in [2.45, 2.75) is 40.2 Å². The van der Waals surface area contributed by atoms with Crippen molar-refractivity contribution in [3.63, 3.8) is 0 Å².